The second kappa shape index (κ2) is 4.00. The normalized spacial score (nSPS) is 27.2. The Kier molecular flexibility index (Phi) is 3.22. The highest BCUT2D eigenvalue weighted by molar-refractivity contribution is 7.81. The van der Waals surface area contributed by atoms with Crippen LogP contribution in [-0.2, 0) is 15.8 Å². The van der Waals surface area contributed by atoms with E-state index in [0.717, 1.165) is 19.4 Å². The Morgan fingerprint density at radius 3 is 2.92 bits per heavy atom. The monoisotopic (exact) mass is 191 g/mol. The average molecular weight is 191 g/mol. The van der Waals surface area contributed by atoms with E-state index in [1.165, 1.54) is 0 Å². The minimum atomic E-state index is -1.02. The van der Waals surface area contributed by atoms with E-state index in [1.807, 2.05) is 0 Å². The molecule has 70 valence electrons. The maximum Gasteiger partial charge on any atom is 0.304 e. The van der Waals surface area contributed by atoms with Gasteiger partial charge in [0, 0.05) is 18.8 Å². The van der Waals surface area contributed by atoms with Crippen molar-refractivity contribution in [1.82, 2.24) is 4.31 Å². The molecule has 1 aliphatic heterocycles. The summed E-state index contributed by atoms with van der Waals surface area (Å²) in [5.74, 6) is -0.808. The summed E-state index contributed by atoms with van der Waals surface area (Å²) in [5, 5.41) is 8.55. The highest BCUT2D eigenvalue weighted by Crippen LogP contribution is 2.20. The number of aliphatic carboxylic acids is 1. The first-order valence-electron chi connectivity index (χ1n) is 3.93. The quantitative estimate of drug-likeness (QED) is 0.694. The Labute approximate surface area is 74.1 Å². The Bertz CT molecular complexity index is 207. The molecule has 2 atom stereocenters. The SMILES string of the molecule is CS(=O)N1CCCC1CC(=O)O. The molecule has 0 aromatic rings. The van der Waals surface area contributed by atoms with E-state index in [4.69, 9.17) is 5.11 Å². The first-order valence-corrected chi connectivity index (χ1v) is 5.44. The lowest BCUT2D eigenvalue weighted by molar-refractivity contribution is -0.137. The fourth-order valence-electron chi connectivity index (χ4n) is 1.55. The maximum absolute atomic E-state index is 11.1. The van der Waals surface area contributed by atoms with Gasteiger partial charge in [0.05, 0.1) is 17.4 Å². The van der Waals surface area contributed by atoms with Crippen LogP contribution in [0.5, 0.6) is 0 Å². The van der Waals surface area contributed by atoms with E-state index in [9.17, 15) is 9.00 Å². The van der Waals surface area contributed by atoms with Gasteiger partial charge < -0.3 is 5.11 Å². The zero-order valence-corrected chi connectivity index (χ0v) is 7.84. The van der Waals surface area contributed by atoms with Crippen molar-refractivity contribution in [2.24, 2.45) is 0 Å². The van der Waals surface area contributed by atoms with Crippen LogP contribution in [0.4, 0.5) is 0 Å². The predicted molar refractivity (Wildman–Crippen MR) is 46.0 cm³/mol. The smallest absolute Gasteiger partial charge is 0.304 e. The Hall–Kier alpha value is -0.420. The van der Waals surface area contributed by atoms with Crippen molar-refractivity contribution < 1.29 is 14.1 Å². The van der Waals surface area contributed by atoms with Gasteiger partial charge in [-0.2, -0.15) is 0 Å². The predicted octanol–water partition coefficient (Wildman–Crippen LogP) is 0.219. The first-order chi connectivity index (χ1) is 5.61. The molecule has 0 amide bonds. The number of carboxylic acid groups (broad SMARTS) is 1. The summed E-state index contributed by atoms with van der Waals surface area (Å²) < 4.78 is 12.8. The van der Waals surface area contributed by atoms with Crippen LogP contribution in [0.1, 0.15) is 19.3 Å². The molecule has 0 saturated carbocycles. The van der Waals surface area contributed by atoms with Gasteiger partial charge in [0.25, 0.3) is 0 Å². The van der Waals surface area contributed by atoms with Gasteiger partial charge in [-0.3, -0.25) is 4.79 Å². The molecular formula is C7H13NO3S. The van der Waals surface area contributed by atoms with Crippen molar-refractivity contribution in [2.45, 2.75) is 25.3 Å². The van der Waals surface area contributed by atoms with Crippen LogP contribution in [0.2, 0.25) is 0 Å². The number of carboxylic acids is 1. The minimum Gasteiger partial charge on any atom is -0.481 e. The molecular weight excluding hydrogens is 178 g/mol. The summed E-state index contributed by atoms with van der Waals surface area (Å²) >= 11 is 0. The van der Waals surface area contributed by atoms with Gasteiger partial charge in [-0.05, 0) is 12.8 Å². The van der Waals surface area contributed by atoms with Crippen molar-refractivity contribution in [3.05, 3.63) is 0 Å². The molecule has 1 saturated heterocycles. The molecule has 1 rings (SSSR count). The van der Waals surface area contributed by atoms with Crippen molar-refractivity contribution in [3.63, 3.8) is 0 Å². The van der Waals surface area contributed by atoms with E-state index >= 15 is 0 Å². The van der Waals surface area contributed by atoms with Crippen LogP contribution in [0.25, 0.3) is 0 Å². The summed E-state index contributed by atoms with van der Waals surface area (Å²) in [6.45, 7) is 0.765. The molecule has 4 nitrogen and oxygen atoms in total. The molecule has 0 aromatic carbocycles. The van der Waals surface area contributed by atoms with Gasteiger partial charge in [-0.25, -0.2) is 8.51 Å². The van der Waals surface area contributed by atoms with Gasteiger partial charge in [-0.1, -0.05) is 0 Å². The van der Waals surface area contributed by atoms with Gasteiger partial charge in [0.2, 0.25) is 0 Å². The minimum absolute atomic E-state index is 0.0201. The van der Waals surface area contributed by atoms with Crippen LogP contribution in [0.3, 0.4) is 0 Å². The molecule has 12 heavy (non-hydrogen) atoms. The number of nitrogens with zero attached hydrogens (tertiary/aromatic N) is 1. The zero-order chi connectivity index (χ0) is 9.14. The molecule has 5 heteroatoms. The van der Waals surface area contributed by atoms with Gasteiger partial charge in [0.1, 0.15) is 0 Å². The fraction of sp³-hybridized carbons (Fsp3) is 0.857. The van der Waals surface area contributed by atoms with E-state index in [0.29, 0.717) is 0 Å². The lowest BCUT2D eigenvalue weighted by Gasteiger charge is -2.19. The third-order valence-corrected chi connectivity index (χ3v) is 3.20. The van der Waals surface area contributed by atoms with E-state index < -0.39 is 17.0 Å². The van der Waals surface area contributed by atoms with Gasteiger partial charge in [0.15, 0.2) is 0 Å². The summed E-state index contributed by atoms with van der Waals surface area (Å²) in [4.78, 5) is 10.4. The second-order valence-electron chi connectivity index (χ2n) is 2.96. The molecule has 0 radical (unpaired) electrons. The molecule has 0 spiro atoms. The average Bonchev–Trinajstić information content (AvgIpc) is 2.33. The topological polar surface area (TPSA) is 57.6 Å². The van der Waals surface area contributed by atoms with Crippen LogP contribution in [-0.4, -0.2) is 38.4 Å². The molecule has 1 fully saturated rings. The fourth-order valence-corrected chi connectivity index (χ4v) is 2.54. The highest BCUT2D eigenvalue weighted by atomic mass is 32.2. The van der Waals surface area contributed by atoms with Crippen LogP contribution >= 0.6 is 0 Å². The van der Waals surface area contributed by atoms with Crippen LogP contribution < -0.4 is 0 Å². The van der Waals surface area contributed by atoms with Crippen LogP contribution in [0, 0.1) is 0 Å². The number of rotatable bonds is 3. The largest absolute Gasteiger partial charge is 0.481 e. The van der Waals surface area contributed by atoms with E-state index in [1.54, 1.807) is 10.6 Å². The van der Waals surface area contributed by atoms with Crippen molar-refractivity contribution in [1.29, 1.82) is 0 Å². The second-order valence-corrected chi connectivity index (χ2v) is 4.27. The van der Waals surface area contributed by atoms with E-state index in [-0.39, 0.29) is 12.5 Å². The Morgan fingerprint density at radius 1 is 1.75 bits per heavy atom. The number of hydrogen-bond donors (Lipinski definition) is 1. The Morgan fingerprint density at radius 2 is 2.42 bits per heavy atom. The van der Waals surface area contributed by atoms with Gasteiger partial charge >= 0.3 is 5.97 Å². The summed E-state index contributed by atoms with van der Waals surface area (Å²) in [6, 6.07) is -0.0201. The lowest BCUT2D eigenvalue weighted by atomic mass is 10.2. The van der Waals surface area contributed by atoms with Crippen molar-refractivity contribution in [2.75, 3.05) is 12.8 Å². The maximum atomic E-state index is 11.1. The molecule has 1 heterocycles. The summed E-state index contributed by atoms with van der Waals surface area (Å²) in [7, 11) is -1.02. The third-order valence-electron chi connectivity index (χ3n) is 2.06. The molecule has 0 aliphatic carbocycles. The molecule has 1 N–H and O–H groups in total. The number of hydrogen-bond acceptors (Lipinski definition) is 2. The van der Waals surface area contributed by atoms with Crippen molar-refractivity contribution >= 4 is 17.0 Å². The lowest BCUT2D eigenvalue weighted by Crippen LogP contribution is -2.32. The third kappa shape index (κ3) is 2.28. The van der Waals surface area contributed by atoms with E-state index in [2.05, 4.69) is 0 Å². The van der Waals surface area contributed by atoms with Gasteiger partial charge in [-0.15, -0.1) is 0 Å². The molecule has 0 bridgehead atoms. The summed E-state index contributed by atoms with van der Waals surface area (Å²) in [5.41, 5.74) is 0. The standard InChI is InChI=1S/C7H13NO3S/c1-12(11)8-4-2-3-6(8)5-7(9)10/h6H,2-5H2,1H3,(H,9,10). The molecule has 2 unspecified atom stereocenters. The van der Waals surface area contributed by atoms with Crippen LogP contribution in [0.15, 0.2) is 0 Å². The zero-order valence-electron chi connectivity index (χ0n) is 7.02. The molecule has 0 aromatic heterocycles. The first kappa shape index (κ1) is 9.67. The van der Waals surface area contributed by atoms with Crippen molar-refractivity contribution in [3.8, 4) is 0 Å². The molecule has 1 aliphatic rings. The number of carbonyl (C=O) groups is 1. The highest BCUT2D eigenvalue weighted by Gasteiger charge is 2.28. The summed E-state index contributed by atoms with van der Waals surface area (Å²) in [6.07, 6.45) is 3.52. The Balaban J connectivity index is 2.52.